The predicted octanol–water partition coefficient (Wildman–Crippen LogP) is 3.18. The monoisotopic (exact) mass is 329 g/mol. The number of rotatable bonds is 3. The first-order valence-electron chi connectivity index (χ1n) is 7.98. The van der Waals surface area contributed by atoms with E-state index in [0.717, 1.165) is 12.7 Å². The molecule has 1 heterocycles. The summed E-state index contributed by atoms with van der Waals surface area (Å²) >= 11 is 0. The molecule has 0 radical (unpaired) electrons. The molecular formula is C16H31NO4Si. The van der Waals surface area contributed by atoms with Crippen LogP contribution in [0.3, 0.4) is 0 Å². The summed E-state index contributed by atoms with van der Waals surface area (Å²) in [5, 5.41) is 0. The van der Waals surface area contributed by atoms with Gasteiger partial charge in [0, 0.05) is 12.5 Å². The van der Waals surface area contributed by atoms with Crippen LogP contribution in [0.1, 0.15) is 48.0 Å². The van der Waals surface area contributed by atoms with Crippen LogP contribution in [0.25, 0.3) is 0 Å². The minimum atomic E-state index is -1.53. The molecule has 0 bridgehead atoms. The molecule has 0 aliphatic carbocycles. The van der Waals surface area contributed by atoms with Crippen LogP contribution in [-0.2, 0) is 14.0 Å². The second-order valence-electron chi connectivity index (χ2n) is 8.38. The van der Waals surface area contributed by atoms with Crippen molar-refractivity contribution in [2.24, 2.45) is 11.3 Å². The van der Waals surface area contributed by atoms with Gasteiger partial charge in [0.2, 0.25) is 0 Å². The second-order valence-corrected chi connectivity index (χ2v) is 10.7. The molecule has 128 valence electrons. The average molecular weight is 330 g/mol. The summed E-state index contributed by atoms with van der Waals surface area (Å²) in [6.45, 7) is 16.2. The molecule has 5 nitrogen and oxygen atoms in total. The smallest absolute Gasteiger partial charge is 0.412 e. The quantitative estimate of drug-likeness (QED) is 0.589. The van der Waals surface area contributed by atoms with E-state index in [1.165, 1.54) is 4.90 Å². The zero-order chi connectivity index (χ0) is 17.3. The van der Waals surface area contributed by atoms with Crippen LogP contribution >= 0.6 is 0 Å². The van der Waals surface area contributed by atoms with Gasteiger partial charge in [-0.05, 0) is 45.7 Å². The maximum absolute atomic E-state index is 12.6. The lowest BCUT2D eigenvalue weighted by molar-refractivity contribution is -0.148. The predicted molar refractivity (Wildman–Crippen MR) is 89.3 cm³/mol. The van der Waals surface area contributed by atoms with Crippen LogP contribution in [0.5, 0.6) is 0 Å². The number of hydrogen-bond acceptors (Lipinski definition) is 4. The third kappa shape index (κ3) is 4.10. The van der Waals surface area contributed by atoms with Gasteiger partial charge in [-0.25, -0.2) is 4.79 Å². The normalized spacial score (nSPS) is 26.4. The van der Waals surface area contributed by atoms with E-state index in [4.69, 9.17) is 9.16 Å². The highest BCUT2D eigenvalue weighted by Crippen LogP contribution is 2.46. The van der Waals surface area contributed by atoms with Gasteiger partial charge in [0.15, 0.2) is 21.1 Å². The van der Waals surface area contributed by atoms with Gasteiger partial charge in [0.1, 0.15) is 5.60 Å². The molecule has 1 aliphatic rings. The Bertz CT molecular complexity index is 425. The fourth-order valence-electron chi connectivity index (χ4n) is 3.13. The van der Waals surface area contributed by atoms with Gasteiger partial charge in [-0.3, -0.25) is 9.69 Å². The van der Waals surface area contributed by atoms with Crippen LogP contribution in [0.4, 0.5) is 4.79 Å². The van der Waals surface area contributed by atoms with Crippen molar-refractivity contribution in [1.82, 2.24) is 4.90 Å². The van der Waals surface area contributed by atoms with Crippen molar-refractivity contribution in [1.29, 1.82) is 0 Å². The largest absolute Gasteiger partial charge is 0.444 e. The summed E-state index contributed by atoms with van der Waals surface area (Å²) < 4.78 is 11.6. The second kappa shape index (κ2) is 6.32. The van der Waals surface area contributed by atoms with Crippen molar-refractivity contribution < 1.29 is 18.8 Å². The van der Waals surface area contributed by atoms with E-state index in [-0.39, 0.29) is 11.3 Å². The number of amides is 1. The van der Waals surface area contributed by atoms with Crippen molar-refractivity contribution in [2.75, 3.05) is 6.54 Å². The molecule has 1 amide bonds. The maximum Gasteiger partial charge on any atom is 0.412 e. The van der Waals surface area contributed by atoms with E-state index in [9.17, 15) is 9.59 Å². The van der Waals surface area contributed by atoms with E-state index in [1.807, 2.05) is 33.9 Å². The Morgan fingerprint density at radius 3 is 2.14 bits per heavy atom. The van der Waals surface area contributed by atoms with Crippen LogP contribution in [0.2, 0.25) is 13.1 Å². The summed E-state index contributed by atoms with van der Waals surface area (Å²) in [5.74, 6) is -0.0417. The van der Waals surface area contributed by atoms with Crippen LogP contribution in [0, 0.1) is 11.3 Å². The fraction of sp³-hybridized carbons (Fsp3) is 0.875. The lowest BCUT2D eigenvalue weighted by atomic mass is 9.75. The molecule has 0 aromatic rings. The van der Waals surface area contributed by atoms with Gasteiger partial charge < -0.3 is 9.16 Å². The summed E-state index contributed by atoms with van der Waals surface area (Å²) in [5.41, 5.74) is -1.93. The minimum absolute atomic E-state index is 0.0417. The Balaban J connectivity index is 3.21. The Hall–Kier alpha value is -0.883. The number of carbonyl (C=O) groups is 2. The number of hydrogen-bond donors (Lipinski definition) is 0. The highest BCUT2D eigenvalue weighted by Gasteiger charge is 2.57. The SMILES string of the molecule is C[SiH](C)O[C@@]1(C=O)[C@@H](C(C)(C)C)CCN1C(=O)OC(C)(C)C. The van der Waals surface area contributed by atoms with E-state index >= 15 is 0 Å². The van der Waals surface area contributed by atoms with Gasteiger partial charge in [0.25, 0.3) is 0 Å². The van der Waals surface area contributed by atoms with Crippen molar-refractivity contribution in [3.8, 4) is 0 Å². The first kappa shape index (κ1) is 19.2. The molecule has 0 spiro atoms. The number of aldehydes is 1. The molecule has 22 heavy (non-hydrogen) atoms. The summed E-state index contributed by atoms with van der Waals surface area (Å²) in [6.07, 6.45) is 1.08. The molecule has 1 rings (SSSR count). The first-order valence-corrected chi connectivity index (χ1v) is 10.8. The lowest BCUT2D eigenvalue weighted by Gasteiger charge is -2.43. The number of likely N-dealkylation sites (tertiary alicyclic amines) is 1. The van der Waals surface area contributed by atoms with Gasteiger partial charge in [-0.1, -0.05) is 20.8 Å². The topological polar surface area (TPSA) is 55.8 Å². The highest BCUT2D eigenvalue weighted by molar-refractivity contribution is 6.48. The Morgan fingerprint density at radius 2 is 1.77 bits per heavy atom. The molecule has 0 N–H and O–H groups in total. The summed E-state index contributed by atoms with van der Waals surface area (Å²) in [4.78, 5) is 26.1. The number of nitrogens with zero attached hydrogens (tertiary/aromatic N) is 1. The Kier molecular flexibility index (Phi) is 5.50. The molecule has 0 unspecified atom stereocenters. The fourth-order valence-corrected chi connectivity index (χ4v) is 4.23. The number of carbonyl (C=O) groups excluding carboxylic acids is 2. The van der Waals surface area contributed by atoms with Gasteiger partial charge in [0.05, 0.1) is 0 Å². The van der Waals surface area contributed by atoms with Gasteiger partial charge in [-0.15, -0.1) is 0 Å². The lowest BCUT2D eigenvalue weighted by Crippen LogP contribution is -2.59. The third-order valence-corrected chi connectivity index (χ3v) is 4.66. The van der Waals surface area contributed by atoms with Crippen molar-refractivity contribution in [2.45, 2.75) is 72.4 Å². The van der Waals surface area contributed by atoms with Gasteiger partial charge in [-0.2, -0.15) is 0 Å². The molecule has 1 aliphatic heterocycles. The van der Waals surface area contributed by atoms with Gasteiger partial charge >= 0.3 is 6.09 Å². The molecular weight excluding hydrogens is 298 g/mol. The summed E-state index contributed by atoms with van der Waals surface area (Å²) in [7, 11) is -1.53. The van der Waals surface area contributed by atoms with Crippen molar-refractivity contribution >= 4 is 21.4 Å². The Labute approximate surface area is 136 Å². The van der Waals surface area contributed by atoms with Crippen LogP contribution in [-0.4, -0.2) is 44.2 Å². The molecule has 1 saturated heterocycles. The van der Waals surface area contributed by atoms with Crippen LogP contribution < -0.4 is 0 Å². The van der Waals surface area contributed by atoms with E-state index in [1.54, 1.807) is 0 Å². The van der Waals surface area contributed by atoms with E-state index in [0.29, 0.717) is 6.54 Å². The molecule has 6 heteroatoms. The molecule has 0 saturated carbocycles. The number of ether oxygens (including phenoxy) is 1. The van der Waals surface area contributed by atoms with Crippen molar-refractivity contribution in [3.05, 3.63) is 0 Å². The molecule has 0 aromatic heterocycles. The van der Waals surface area contributed by atoms with E-state index in [2.05, 4.69) is 20.8 Å². The maximum atomic E-state index is 12.6. The third-order valence-electron chi connectivity index (χ3n) is 3.82. The zero-order valence-electron chi connectivity index (χ0n) is 15.2. The van der Waals surface area contributed by atoms with E-state index < -0.39 is 26.5 Å². The zero-order valence-corrected chi connectivity index (χ0v) is 16.4. The van der Waals surface area contributed by atoms with Crippen LogP contribution in [0.15, 0.2) is 0 Å². The Morgan fingerprint density at radius 1 is 1.23 bits per heavy atom. The standard InChI is InChI=1S/C16H31NO4Si/c1-14(2,3)12-9-10-17(13(19)20-15(4,5)6)16(12,11-18)21-22(7)8/h11-12,22H,9-10H2,1-8H3/t12-,16+/m1/s1. The average Bonchev–Trinajstić information content (AvgIpc) is 2.65. The highest BCUT2D eigenvalue weighted by atomic mass is 28.3. The molecule has 0 aromatic carbocycles. The first-order chi connectivity index (χ1) is 9.83. The summed E-state index contributed by atoms with van der Waals surface area (Å²) in [6, 6.07) is 0. The molecule has 1 fully saturated rings. The molecule has 2 atom stereocenters. The minimum Gasteiger partial charge on any atom is -0.444 e. The van der Waals surface area contributed by atoms with Crippen molar-refractivity contribution in [3.63, 3.8) is 0 Å².